The van der Waals surface area contributed by atoms with Gasteiger partial charge in [0, 0.05) is 6.42 Å². The van der Waals surface area contributed by atoms with E-state index < -0.39 is 0 Å². The van der Waals surface area contributed by atoms with Crippen LogP contribution in [0.1, 0.15) is 26.3 Å². The van der Waals surface area contributed by atoms with Gasteiger partial charge in [-0.2, -0.15) is 0 Å². The zero-order valence-corrected chi connectivity index (χ0v) is 10.4. The van der Waals surface area contributed by atoms with E-state index in [1.54, 1.807) is 0 Å². The van der Waals surface area contributed by atoms with Gasteiger partial charge in [-0.25, -0.2) is 0 Å². The van der Waals surface area contributed by atoms with Crippen molar-refractivity contribution in [1.82, 2.24) is 0 Å². The lowest BCUT2D eigenvalue weighted by Gasteiger charge is -2.35. The van der Waals surface area contributed by atoms with E-state index in [4.69, 9.17) is 0 Å². The molecule has 0 spiro atoms. The average molecular weight is 206 g/mol. The zero-order valence-electron chi connectivity index (χ0n) is 10.4. The van der Waals surface area contributed by atoms with E-state index in [1.165, 1.54) is 42.6 Å². The summed E-state index contributed by atoms with van der Waals surface area (Å²) in [6.45, 7) is 11.9. The molecule has 0 atom stereocenters. The Kier molecular flexibility index (Phi) is 4.83. The van der Waals surface area contributed by atoms with Crippen molar-refractivity contribution in [1.29, 1.82) is 0 Å². The molecule has 0 aromatic heterocycles. The summed E-state index contributed by atoms with van der Waals surface area (Å²) in [4.78, 5) is 0. The predicted octanol–water partition coefficient (Wildman–Crippen LogP) is 3.11. The Morgan fingerprint density at radius 2 is 1.40 bits per heavy atom. The lowest BCUT2D eigenvalue weighted by molar-refractivity contribution is -0.923. The molecule has 0 heterocycles. The Bertz CT molecular complexity index is 254. The summed E-state index contributed by atoms with van der Waals surface area (Å²) in [5.41, 5.74) is 1.47. The Morgan fingerprint density at radius 3 is 1.87 bits per heavy atom. The van der Waals surface area contributed by atoms with Crippen molar-refractivity contribution < 1.29 is 4.48 Å². The Labute approximate surface area is 94.3 Å². The molecule has 1 heteroatoms. The molecular formula is C14H24N+. The molecule has 0 saturated heterocycles. The van der Waals surface area contributed by atoms with Gasteiger partial charge >= 0.3 is 0 Å². The third-order valence-electron chi connectivity index (χ3n) is 3.73. The molecule has 0 saturated carbocycles. The van der Waals surface area contributed by atoms with E-state index in [0.29, 0.717) is 0 Å². The fourth-order valence-electron chi connectivity index (χ4n) is 2.16. The maximum atomic E-state index is 2.30. The lowest BCUT2D eigenvalue weighted by atomic mass is 10.1. The van der Waals surface area contributed by atoms with Crippen LogP contribution in [-0.4, -0.2) is 30.7 Å². The number of quaternary nitrogens is 1. The van der Waals surface area contributed by atoms with Crippen LogP contribution >= 0.6 is 0 Å². The first kappa shape index (κ1) is 12.3. The first-order valence-corrected chi connectivity index (χ1v) is 6.15. The van der Waals surface area contributed by atoms with Crippen LogP contribution in [0.4, 0.5) is 0 Å². The van der Waals surface area contributed by atoms with E-state index in [-0.39, 0.29) is 0 Å². The third kappa shape index (κ3) is 3.35. The molecule has 0 aliphatic heterocycles. The normalized spacial score (nSPS) is 11.7. The van der Waals surface area contributed by atoms with Gasteiger partial charge in [0.15, 0.2) is 0 Å². The van der Waals surface area contributed by atoms with Crippen molar-refractivity contribution in [3.05, 3.63) is 35.9 Å². The van der Waals surface area contributed by atoms with Gasteiger partial charge in [-0.1, -0.05) is 30.3 Å². The molecular weight excluding hydrogens is 182 g/mol. The SMILES string of the molecule is CC[N+](CC)(CC)CCc1ccccc1. The first-order valence-electron chi connectivity index (χ1n) is 6.15. The molecule has 0 unspecified atom stereocenters. The standard InChI is InChI=1S/C14H24N/c1-4-15(5-2,6-3)13-12-14-10-8-7-9-11-14/h7-11H,4-6,12-13H2,1-3H3/q+1. The molecule has 1 aromatic carbocycles. The topological polar surface area (TPSA) is 0 Å². The number of hydrogen-bond acceptors (Lipinski definition) is 0. The van der Waals surface area contributed by atoms with Gasteiger partial charge in [0.1, 0.15) is 0 Å². The molecule has 84 valence electrons. The number of nitrogens with zero attached hydrogens (tertiary/aromatic N) is 1. The Balaban J connectivity index is 2.54. The molecule has 0 bridgehead atoms. The zero-order chi connectivity index (χ0) is 11.1. The van der Waals surface area contributed by atoms with E-state index in [9.17, 15) is 0 Å². The van der Waals surface area contributed by atoms with Crippen LogP contribution in [0.3, 0.4) is 0 Å². The van der Waals surface area contributed by atoms with Gasteiger partial charge in [-0.05, 0) is 26.3 Å². The van der Waals surface area contributed by atoms with Crippen molar-refractivity contribution in [3.63, 3.8) is 0 Å². The minimum atomic E-state index is 1.20. The maximum absolute atomic E-state index is 2.30. The van der Waals surface area contributed by atoms with Crippen LogP contribution in [0.5, 0.6) is 0 Å². The minimum Gasteiger partial charge on any atom is -0.324 e. The van der Waals surface area contributed by atoms with Gasteiger partial charge in [-0.15, -0.1) is 0 Å². The molecule has 0 aliphatic rings. The molecule has 0 N–H and O–H groups in total. The predicted molar refractivity (Wildman–Crippen MR) is 66.9 cm³/mol. The third-order valence-corrected chi connectivity index (χ3v) is 3.73. The van der Waals surface area contributed by atoms with Crippen molar-refractivity contribution in [2.24, 2.45) is 0 Å². The highest BCUT2D eigenvalue weighted by molar-refractivity contribution is 5.14. The van der Waals surface area contributed by atoms with Crippen LogP contribution in [0.25, 0.3) is 0 Å². The quantitative estimate of drug-likeness (QED) is 0.627. The van der Waals surface area contributed by atoms with Crippen LogP contribution < -0.4 is 0 Å². The van der Waals surface area contributed by atoms with Crippen molar-refractivity contribution in [2.75, 3.05) is 26.2 Å². The molecule has 0 aliphatic carbocycles. The summed E-state index contributed by atoms with van der Waals surface area (Å²) in [6, 6.07) is 10.8. The van der Waals surface area contributed by atoms with Crippen LogP contribution in [0.15, 0.2) is 30.3 Å². The van der Waals surface area contributed by atoms with Gasteiger partial charge in [0.2, 0.25) is 0 Å². The monoisotopic (exact) mass is 206 g/mol. The second kappa shape index (κ2) is 5.92. The lowest BCUT2D eigenvalue weighted by Crippen LogP contribution is -2.48. The maximum Gasteiger partial charge on any atom is 0.0827 e. The summed E-state index contributed by atoms with van der Waals surface area (Å²) in [5, 5.41) is 0. The molecule has 0 fully saturated rings. The van der Waals surface area contributed by atoms with Gasteiger partial charge < -0.3 is 4.48 Å². The number of rotatable bonds is 6. The first-order chi connectivity index (χ1) is 7.26. The van der Waals surface area contributed by atoms with E-state index >= 15 is 0 Å². The Morgan fingerprint density at radius 1 is 0.867 bits per heavy atom. The average Bonchev–Trinajstić information content (AvgIpc) is 2.33. The number of hydrogen-bond donors (Lipinski definition) is 0. The van der Waals surface area contributed by atoms with Crippen molar-refractivity contribution in [2.45, 2.75) is 27.2 Å². The molecule has 1 nitrogen and oxygen atoms in total. The summed E-state index contributed by atoms with van der Waals surface area (Å²) in [7, 11) is 0. The van der Waals surface area contributed by atoms with Crippen molar-refractivity contribution in [3.8, 4) is 0 Å². The molecule has 1 rings (SSSR count). The van der Waals surface area contributed by atoms with Crippen molar-refractivity contribution >= 4 is 0 Å². The summed E-state index contributed by atoms with van der Waals surface area (Å²) in [6.07, 6.45) is 1.20. The van der Waals surface area contributed by atoms with Crippen LogP contribution in [0, 0.1) is 0 Å². The van der Waals surface area contributed by atoms with Crippen LogP contribution in [-0.2, 0) is 6.42 Å². The summed E-state index contributed by atoms with van der Waals surface area (Å²) >= 11 is 0. The van der Waals surface area contributed by atoms with Crippen LogP contribution in [0.2, 0.25) is 0 Å². The summed E-state index contributed by atoms with van der Waals surface area (Å²) in [5.74, 6) is 0. The minimum absolute atomic E-state index is 1.20. The Hall–Kier alpha value is -0.820. The molecule has 0 amide bonds. The fourth-order valence-corrected chi connectivity index (χ4v) is 2.16. The summed E-state index contributed by atoms with van der Waals surface area (Å²) < 4.78 is 1.24. The largest absolute Gasteiger partial charge is 0.324 e. The highest BCUT2D eigenvalue weighted by Crippen LogP contribution is 2.09. The highest BCUT2D eigenvalue weighted by Gasteiger charge is 2.19. The van der Waals surface area contributed by atoms with E-state index in [2.05, 4.69) is 51.1 Å². The fraction of sp³-hybridized carbons (Fsp3) is 0.571. The second-order valence-corrected chi connectivity index (χ2v) is 4.25. The highest BCUT2D eigenvalue weighted by atomic mass is 15.3. The van der Waals surface area contributed by atoms with E-state index in [1.807, 2.05) is 0 Å². The van der Waals surface area contributed by atoms with Gasteiger partial charge in [0.05, 0.1) is 26.2 Å². The second-order valence-electron chi connectivity index (χ2n) is 4.25. The van der Waals surface area contributed by atoms with E-state index in [0.717, 1.165) is 0 Å². The number of likely N-dealkylation sites (N-methyl/N-ethyl adjacent to an activating group) is 1. The smallest absolute Gasteiger partial charge is 0.0827 e. The molecule has 1 aromatic rings. The molecule has 0 radical (unpaired) electrons. The molecule has 15 heavy (non-hydrogen) atoms. The van der Waals surface area contributed by atoms with Gasteiger partial charge in [0.25, 0.3) is 0 Å². The van der Waals surface area contributed by atoms with Gasteiger partial charge in [-0.3, -0.25) is 0 Å². The number of benzene rings is 1.